The average molecular weight is 375 g/mol. The van der Waals surface area contributed by atoms with E-state index < -0.39 is 0 Å². The lowest BCUT2D eigenvalue weighted by atomic mass is 9.79. The largest absolute Gasteiger partial charge is 0.378 e. The molecule has 144 valence electrons. The standard InChI is InChI=1S/C24H25NO3/c26-23(18-8-3-1-4-9-18)20-12-7-13-21(22(20)25-14-16-28-17-15-25)24(27)19-10-5-2-6-11-19/h1-6,8-11,20H,7,12-17H2/t20-/m1/s1. The third-order valence-corrected chi connectivity index (χ3v) is 5.60. The van der Waals surface area contributed by atoms with Crippen LogP contribution in [0.2, 0.25) is 0 Å². The summed E-state index contributed by atoms with van der Waals surface area (Å²) in [5.41, 5.74) is 3.13. The molecule has 0 N–H and O–H groups in total. The van der Waals surface area contributed by atoms with E-state index in [1.165, 1.54) is 0 Å². The maximum Gasteiger partial charge on any atom is 0.190 e. The maximum atomic E-state index is 13.4. The van der Waals surface area contributed by atoms with Crippen LogP contribution in [-0.4, -0.2) is 42.8 Å². The van der Waals surface area contributed by atoms with Crippen molar-refractivity contribution in [3.8, 4) is 0 Å². The first-order valence-corrected chi connectivity index (χ1v) is 10.0. The van der Waals surface area contributed by atoms with Crippen molar-refractivity contribution in [2.45, 2.75) is 19.3 Å². The molecule has 1 aliphatic heterocycles. The zero-order valence-electron chi connectivity index (χ0n) is 16.0. The van der Waals surface area contributed by atoms with Gasteiger partial charge in [-0.05, 0) is 19.3 Å². The lowest BCUT2D eigenvalue weighted by Crippen LogP contribution is -2.42. The van der Waals surface area contributed by atoms with Crippen LogP contribution in [0.15, 0.2) is 71.9 Å². The Hall–Kier alpha value is -2.72. The van der Waals surface area contributed by atoms with Gasteiger partial charge in [-0.2, -0.15) is 0 Å². The van der Waals surface area contributed by atoms with Crippen molar-refractivity contribution < 1.29 is 14.3 Å². The number of hydrogen-bond acceptors (Lipinski definition) is 4. The number of ketones is 2. The molecule has 1 atom stereocenters. The van der Waals surface area contributed by atoms with Gasteiger partial charge in [0.15, 0.2) is 11.6 Å². The third-order valence-electron chi connectivity index (χ3n) is 5.60. The second kappa shape index (κ2) is 8.53. The first-order chi connectivity index (χ1) is 13.8. The Kier molecular flexibility index (Phi) is 5.68. The molecule has 4 heteroatoms. The fourth-order valence-corrected chi connectivity index (χ4v) is 4.23. The van der Waals surface area contributed by atoms with Gasteiger partial charge in [0.25, 0.3) is 0 Å². The predicted octanol–water partition coefficient (Wildman–Crippen LogP) is 4.14. The normalized spacial score (nSPS) is 20.1. The summed E-state index contributed by atoms with van der Waals surface area (Å²) in [7, 11) is 0. The first kappa shape index (κ1) is 18.6. The van der Waals surface area contributed by atoms with E-state index in [0.717, 1.165) is 43.6 Å². The van der Waals surface area contributed by atoms with Crippen molar-refractivity contribution in [1.29, 1.82) is 0 Å². The molecule has 1 aliphatic carbocycles. The molecule has 0 radical (unpaired) electrons. The number of hydrogen-bond donors (Lipinski definition) is 0. The highest BCUT2D eigenvalue weighted by Gasteiger charge is 2.35. The SMILES string of the molecule is O=C(C1=C(N2CCOCC2)[C@H](C(=O)c2ccccc2)CCC1)c1ccccc1. The van der Waals surface area contributed by atoms with E-state index >= 15 is 0 Å². The van der Waals surface area contributed by atoms with Crippen molar-refractivity contribution in [2.24, 2.45) is 5.92 Å². The number of morpholine rings is 1. The summed E-state index contributed by atoms with van der Waals surface area (Å²) in [4.78, 5) is 28.9. The second-order valence-electron chi connectivity index (χ2n) is 7.33. The van der Waals surface area contributed by atoms with Gasteiger partial charge in [0.2, 0.25) is 0 Å². The lowest BCUT2D eigenvalue weighted by molar-refractivity contribution is 0.0448. The summed E-state index contributed by atoms with van der Waals surface area (Å²) in [6, 6.07) is 18.8. The summed E-state index contributed by atoms with van der Waals surface area (Å²) in [5, 5.41) is 0. The molecule has 0 bridgehead atoms. The van der Waals surface area contributed by atoms with Gasteiger partial charge in [0, 0.05) is 35.5 Å². The van der Waals surface area contributed by atoms with Crippen LogP contribution in [0.25, 0.3) is 0 Å². The number of carbonyl (C=O) groups is 2. The molecule has 2 aromatic rings. The fourth-order valence-electron chi connectivity index (χ4n) is 4.23. The first-order valence-electron chi connectivity index (χ1n) is 10.0. The average Bonchev–Trinajstić information content (AvgIpc) is 2.79. The van der Waals surface area contributed by atoms with E-state index in [0.29, 0.717) is 24.3 Å². The molecule has 2 aliphatic rings. The van der Waals surface area contributed by atoms with Crippen molar-refractivity contribution in [1.82, 2.24) is 4.90 Å². The number of rotatable bonds is 5. The van der Waals surface area contributed by atoms with Gasteiger partial charge in [0.1, 0.15) is 0 Å². The molecule has 0 saturated carbocycles. The van der Waals surface area contributed by atoms with Gasteiger partial charge in [-0.25, -0.2) is 0 Å². The topological polar surface area (TPSA) is 46.6 Å². The Morgan fingerprint density at radius 2 is 1.46 bits per heavy atom. The molecule has 28 heavy (non-hydrogen) atoms. The Morgan fingerprint density at radius 1 is 0.857 bits per heavy atom. The minimum atomic E-state index is -0.267. The zero-order chi connectivity index (χ0) is 19.3. The highest BCUT2D eigenvalue weighted by molar-refractivity contribution is 6.10. The van der Waals surface area contributed by atoms with Crippen LogP contribution in [0, 0.1) is 5.92 Å². The lowest BCUT2D eigenvalue weighted by Gasteiger charge is -2.38. The molecule has 0 amide bonds. The van der Waals surface area contributed by atoms with Crippen LogP contribution in [0.5, 0.6) is 0 Å². The van der Waals surface area contributed by atoms with Crippen LogP contribution in [0.3, 0.4) is 0 Å². The van der Waals surface area contributed by atoms with E-state index in [9.17, 15) is 9.59 Å². The molecule has 4 rings (SSSR count). The van der Waals surface area contributed by atoms with Crippen molar-refractivity contribution >= 4 is 11.6 Å². The van der Waals surface area contributed by atoms with Crippen molar-refractivity contribution in [3.63, 3.8) is 0 Å². The predicted molar refractivity (Wildman–Crippen MR) is 108 cm³/mol. The van der Waals surface area contributed by atoms with Crippen LogP contribution in [-0.2, 0) is 4.74 Å². The minimum absolute atomic E-state index is 0.0488. The van der Waals surface area contributed by atoms with E-state index in [1.54, 1.807) is 0 Å². The molecule has 4 nitrogen and oxygen atoms in total. The highest BCUT2D eigenvalue weighted by atomic mass is 16.5. The van der Waals surface area contributed by atoms with Crippen LogP contribution in [0.1, 0.15) is 40.0 Å². The van der Waals surface area contributed by atoms with E-state index in [2.05, 4.69) is 4.90 Å². The zero-order valence-corrected chi connectivity index (χ0v) is 16.0. The second-order valence-corrected chi connectivity index (χ2v) is 7.33. The number of allylic oxidation sites excluding steroid dienone is 2. The fraction of sp³-hybridized carbons (Fsp3) is 0.333. The summed E-state index contributed by atoms with van der Waals surface area (Å²) in [6.45, 7) is 2.70. The third kappa shape index (κ3) is 3.78. The highest BCUT2D eigenvalue weighted by Crippen LogP contribution is 2.36. The maximum absolute atomic E-state index is 13.4. The quantitative estimate of drug-likeness (QED) is 0.737. The molecule has 1 fully saturated rings. The number of Topliss-reactive ketones (excluding diaryl/α,β-unsaturated/α-hetero) is 2. The smallest absolute Gasteiger partial charge is 0.190 e. The van der Waals surface area contributed by atoms with Crippen LogP contribution < -0.4 is 0 Å². The van der Waals surface area contributed by atoms with Crippen LogP contribution >= 0.6 is 0 Å². The van der Waals surface area contributed by atoms with Gasteiger partial charge < -0.3 is 9.64 Å². The van der Waals surface area contributed by atoms with Gasteiger partial charge in [0.05, 0.1) is 19.1 Å². The van der Waals surface area contributed by atoms with E-state index in [4.69, 9.17) is 4.74 Å². The van der Waals surface area contributed by atoms with Crippen molar-refractivity contribution in [3.05, 3.63) is 83.1 Å². The number of carbonyl (C=O) groups excluding carboxylic acids is 2. The monoisotopic (exact) mass is 375 g/mol. The summed E-state index contributed by atoms with van der Waals surface area (Å²) < 4.78 is 5.52. The Bertz CT molecular complexity index is 867. The molecule has 1 heterocycles. The van der Waals surface area contributed by atoms with Gasteiger partial charge in [-0.3, -0.25) is 9.59 Å². The van der Waals surface area contributed by atoms with E-state index in [-0.39, 0.29) is 17.5 Å². The summed E-state index contributed by atoms with van der Waals surface area (Å²) in [6.07, 6.45) is 2.36. The Balaban J connectivity index is 1.76. The molecule has 0 aromatic heterocycles. The van der Waals surface area contributed by atoms with E-state index in [1.807, 2.05) is 60.7 Å². The van der Waals surface area contributed by atoms with Crippen LogP contribution in [0.4, 0.5) is 0 Å². The molecule has 0 spiro atoms. The summed E-state index contributed by atoms with van der Waals surface area (Å²) >= 11 is 0. The molecule has 1 saturated heterocycles. The molecule has 0 unspecified atom stereocenters. The molecular weight excluding hydrogens is 350 g/mol. The number of benzene rings is 2. The van der Waals surface area contributed by atoms with Crippen molar-refractivity contribution in [2.75, 3.05) is 26.3 Å². The van der Waals surface area contributed by atoms with Gasteiger partial charge in [-0.1, -0.05) is 60.7 Å². The number of ether oxygens (including phenoxy) is 1. The summed E-state index contributed by atoms with van der Waals surface area (Å²) in [5.74, 6) is -0.107. The Morgan fingerprint density at radius 3 is 2.11 bits per heavy atom. The number of nitrogens with zero attached hydrogens (tertiary/aromatic N) is 1. The molecular formula is C24H25NO3. The Labute approximate surface area is 165 Å². The van der Waals surface area contributed by atoms with Gasteiger partial charge >= 0.3 is 0 Å². The van der Waals surface area contributed by atoms with Gasteiger partial charge in [-0.15, -0.1) is 0 Å². The minimum Gasteiger partial charge on any atom is -0.378 e. The molecule has 2 aromatic carbocycles.